The molecule has 1 aromatic heterocycles. The first kappa shape index (κ1) is 27.6. The third-order valence-electron chi connectivity index (χ3n) is 5.41. The summed E-state index contributed by atoms with van der Waals surface area (Å²) in [7, 11) is 3.17. The summed E-state index contributed by atoms with van der Waals surface area (Å²) >= 11 is 3.42. The Bertz CT molecular complexity index is 1210. The average molecular weight is 572 g/mol. The number of carbonyl (C=O) groups excluding carboxylic acids is 2. The Kier molecular flexibility index (Phi) is 9.56. The average Bonchev–Trinajstić information content (AvgIpc) is 2.90. The Morgan fingerprint density at radius 1 is 0.973 bits per heavy atom. The molecular weight excluding hydrogens is 546 g/mol. The van der Waals surface area contributed by atoms with Crippen molar-refractivity contribution in [3.05, 3.63) is 86.0 Å². The number of benzene rings is 2. The molecule has 11 heteroatoms. The first-order chi connectivity index (χ1) is 17.7. The van der Waals surface area contributed by atoms with Crippen LogP contribution in [-0.4, -0.2) is 42.5 Å². The monoisotopic (exact) mass is 571 g/mol. The van der Waals surface area contributed by atoms with Crippen molar-refractivity contribution >= 4 is 39.2 Å². The first-order valence-corrected chi connectivity index (χ1v) is 12.1. The third kappa shape index (κ3) is 7.26. The van der Waals surface area contributed by atoms with E-state index in [4.69, 9.17) is 14.2 Å². The van der Waals surface area contributed by atoms with Gasteiger partial charge < -0.3 is 19.1 Å². The Hall–Kier alpha value is -3.99. The van der Waals surface area contributed by atoms with Crippen molar-refractivity contribution in [1.29, 1.82) is 0 Å². The largest absolute Gasteiger partial charge is 0.497 e. The highest BCUT2D eigenvalue weighted by Crippen LogP contribution is 2.33. The summed E-state index contributed by atoms with van der Waals surface area (Å²) in [4.78, 5) is 41.7. The highest BCUT2D eigenvalue weighted by Gasteiger charge is 2.27. The molecule has 0 spiro atoms. The maximum atomic E-state index is 12.4. The topological polar surface area (TPSA) is 121 Å². The Morgan fingerprint density at radius 3 is 1.92 bits per heavy atom. The van der Waals surface area contributed by atoms with Crippen LogP contribution in [0.1, 0.15) is 23.7 Å². The Balaban J connectivity index is 2.04. The highest BCUT2D eigenvalue weighted by molar-refractivity contribution is 9.10. The van der Waals surface area contributed by atoms with Gasteiger partial charge in [-0.25, -0.2) is 9.78 Å². The summed E-state index contributed by atoms with van der Waals surface area (Å²) in [5.74, 6) is -0.178. The van der Waals surface area contributed by atoms with Gasteiger partial charge in [-0.05, 0) is 58.2 Å². The molecule has 0 aliphatic carbocycles. The van der Waals surface area contributed by atoms with Crippen LogP contribution in [0.15, 0.2) is 59.1 Å². The van der Waals surface area contributed by atoms with Crippen LogP contribution in [0.4, 0.5) is 11.5 Å². The van der Waals surface area contributed by atoms with E-state index in [0.717, 1.165) is 11.1 Å². The van der Waals surface area contributed by atoms with Crippen LogP contribution >= 0.6 is 15.9 Å². The number of rotatable bonds is 12. The molecular formula is C26H26BrN3O7. The van der Waals surface area contributed by atoms with Crippen LogP contribution in [0.2, 0.25) is 0 Å². The molecule has 0 bridgehead atoms. The molecule has 2 aromatic carbocycles. The summed E-state index contributed by atoms with van der Waals surface area (Å²) in [5.41, 5.74) is 1.37. The SMILES string of the molecule is CCOC(=O)C(=O)Cc1nc(N(Cc2ccc(OC)cc2)Cc2ccc(OC)cc2)c(Br)cc1[N+](=O)[O-]. The van der Waals surface area contributed by atoms with Gasteiger partial charge in [0.2, 0.25) is 5.78 Å². The third-order valence-corrected chi connectivity index (χ3v) is 5.99. The van der Waals surface area contributed by atoms with E-state index in [1.165, 1.54) is 6.07 Å². The van der Waals surface area contributed by atoms with E-state index in [1.807, 2.05) is 53.4 Å². The number of nitrogens with zero attached hydrogens (tertiary/aromatic N) is 3. The molecule has 0 saturated carbocycles. The lowest BCUT2D eigenvalue weighted by molar-refractivity contribution is -0.385. The van der Waals surface area contributed by atoms with Gasteiger partial charge in [-0.1, -0.05) is 24.3 Å². The van der Waals surface area contributed by atoms with Crippen molar-refractivity contribution < 1.29 is 28.7 Å². The van der Waals surface area contributed by atoms with E-state index in [1.54, 1.807) is 21.1 Å². The zero-order valence-corrected chi connectivity index (χ0v) is 22.2. The zero-order chi connectivity index (χ0) is 26.9. The molecule has 194 valence electrons. The van der Waals surface area contributed by atoms with Gasteiger partial charge in [0.15, 0.2) is 0 Å². The van der Waals surface area contributed by atoms with Crippen molar-refractivity contribution in [3.8, 4) is 11.5 Å². The van der Waals surface area contributed by atoms with Crippen LogP contribution in [0.5, 0.6) is 11.5 Å². The minimum atomic E-state index is -1.06. The van der Waals surface area contributed by atoms with Gasteiger partial charge in [0.1, 0.15) is 23.0 Å². The number of nitro groups is 1. The van der Waals surface area contributed by atoms with Crippen molar-refractivity contribution in [3.63, 3.8) is 0 Å². The van der Waals surface area contributed by atoms with Crippen LogP contribution in [0, 0.1) is 10.1 Å². The van der Waals surface area contributed by atoms with Crippen molar-refractivity contribution in [2.45, 2.75) is 26.4 Å². The fourth-order valence-corrected chi connectivity index (χ4v) is 4.12. The van der Waals surface area contributed by atoms with Gasteiger partial charge in [-0.15, -0.1) is 0 Å². The number of hydrogen-bond acceptors (Lipinski definition) is 9. The molecule has 0 aliphatic rings. The van der Waals surface area contributed by atoms with Crippen LogP contribution in [-0.2, 0) is 33.8 Å². The number of halogens is 1. The lowest BCUT2D eigenvalue weighted by atomic mass is 10.1. The van der Waals surface area contributed by atoms with E-state index in [2.05, 4.69) is 20.9 Å². The van der Waals surface area contributed by atoms with Gasteiger partial charge in [-0.2, -0.15) is 0 Å². The molecule has 0 N–H and O–H groups in total. The number of esters is 1. The second-order valence-corrected chi connectivity index (χ2v) is 8.74. The highest BCUT2D eigenvalue weighted by atomic mass is 79.9. The zero-order valence-electron chi connectivity index (χ0n) is 20.6. The first-order valence-electron chi connectivity index (χ1n) is 11.3. The number of methoxy groups -OCH3 is 2. The number of ketones is 1. The van der Waals surface area contributed by atoms with Crippen LogP contribution < -0.4 is 14.4 Å². The maximum Gasteiger partial charge on any atom is 0.375 e. The molecule has 0 radical (unpaired) electrons. The molecule has 0 amide bonds. The quantitative estimate of drug-likeness (QED) is 0.132. The van der Waals surface area contributed by atoms with Gasteiger partial charge >= 0.3 is 5.97 Å². The Morgan fingerprint density at radius 2 is 1.49 bits per heavy atom. The fourth-order valence-electron chi connectivity index (χ4n) is 3.56. The summed E-state index contributed by atoms with van der Waals surface area (Å²) in [6.45, 7) is 2.37. The number of anilines is 1. The predicted octanol–water partition coefficient (Wildman–Crippen LogP) is 4.65. The minimum absolute atomic E-state index is 0.0170. The molecule has 1 heterocycles. The number of pyridine rings is 1. The lowest BCUT2D eigenvalue weighted by Crippen LogP contribution is -2.25. The fraction of sp³-hybridized carbons (Fsp3) is 0.269. The molecule has 0 aliphatic heterocycles. The van der Waals surface area contributed by atoms with E-state index in [0.29, 0.717) is 34.9 Å². The summed E-state index contributed by atoms with van der Waals surface area (Å²) in [6.07, 6.45) is -0.561. The van der Waals surface area contributed by atoms with E-state index >= 15 is 0 Å². The van der Waals surface area contributed by atoms with Gasteiger partial charge in [0.05, 0.1) is 36.6 Å². The number of ether oxygens (including phenoxy) is 3. The number of aromatic nitrogens is 1. The molecule has 0 saturated heterocycles. The number of carbonyl (C=O) groups is 2. The normalized spacial score (nSPS) is 10.5. The summed E-state index contributed by atoms with van der Waals surface area (Å²) in [6, 6.07) is 16.3. The lowest BCUT2D eigenvalue weighted by Gasteiger charge is -2.26. The van der Waals surface area contributed by atoms with Crippen molar-refractivity contribution in [1.82, 2.24) is 4.98 Å². The minimum Gasteiger partial charge on any atom is -0.497 e. The van der Waals surface area contributed by atoms with E-state index < -0.39 is 23.1 Å². The number of hydrogen-bond donors (Lipinski definition) is 0. The van der Waals surface area contributed by atoms with Crippen LogP contribution in [0.3, 0.4) is 0 Å². The summed E-state index contributed by atoms with van der Waals surface area (Å²) < 4.78 is 15.6. The molecule has 3 aromatic rings. The molecule has 37 heavy (non-hydrogen) atoms. The van der Waals surface area contributed by atoms with Gasteiger partial charge in [-0.3, -0.25) is 14.9 Å². The van der Waals surface area contributed by atoms with E-state index in [-0.39, 0.29) is 18.0 Å². The summed E-state index contributed by atoms with van der Waals surface area (Å²) in [5, 5.41) is 11.7. The van der Waals surface area contributed by atoms with E-state index in [9.17, 15) is 19.7 Å². The number of Topliss-reactive ketones (excluding diaryl/α,β-unsaturated/α-hetero) is 1. The molecule has 0 fully saturated rings. The Labute approximate surface area is 222 Å². The van der Waals surface area contributed by atoms with Crippen molar-refractivity contribution in [2.24, 2.45) is 0 Å². The molecule has 0 atom stereocenters. The standard InChI is InChI=1S/C26H26BrN3O7/c1-4-37-26(32)24(31)14-22-23(30(33)34)13-21(27)25(28-22)29(15-17-5-9-19(35-2)10-6-17)16-18-7-11-20(36-3)12-8-18/h5-13H,4,14-16H2,1-3H3. The van der Waals surface area contributed by atoms with Gasteiger partial charge in [0, 0.05) is 19.2 Å². The maximum absolute atomic E-state index is 12.4. The second kappa shape index (κ2) is 12.8. The molecule has 0 unspecified atom stereocenters. The van der Waals surface area contributed by atoms with Gasteiger partial charge in [0.25, 0.3) is 5.69 Å². The van der Waals surface area contributed by atoms with Crippen molar-refractivity contribution in [2.75, 3.05) is 25.7 Å². The predicted molar refractivity (Wildman–Crippen MR) is 140 cm³/mol. The molecule has 3 rings (SSSR count). The molecule has 10 nitrogen and oxygen atoms in total. The van der Waals surface area contributed by atoms with Crippen LogP contribution in [0.25, 0.3) is 0 Å². The second-order valence-electron chi connectivity index (χ2n) is 7.89. The smallest absolute Gasteiger partial charge is 0.375 e.